The normalized spacial score (nSPS) is 10.6. The van der Waals surface area contributed by atoms with Gasteiger partial charge in [-0.2, -0.15) is 0 Å². The van der Waals surface area contributed by atoms with Crippen molar-refractivity contribution in [1.29, 1.82) is 0 Å². The summed E-state index contributed by atoms with van der Waals surface area (Å²) in [7, 11) is 0. The Morgan fingerprint density at radius 2 is 2.18 bits per heavy atom. The molecule has 112 valence electrons. The van der Waals surface area contributed by atoms with E-state index in [0.29, 0.717) is 28.6 Å². The molecule has 0 fully saturated rings. The monoisotopic (exact) mass is 314 g/mol. The predicted octanol–water partition coefficient (Wildman–Crippen LogP) is 4.20. The molecule has 1 N–H and O–H groups in total. The molecule has 3 heterocycles. The van der Waals surface area contributed by atoms with Crippen LogP contribution in [0.3, 0.4) is 0 Å². The number of H-pyrrole nitrogens is 1. The Hall–Kier alpha value is -2.32. The highest BCUT2D eigenvalue weighted by molar-refractivity contribution is 6.33. The highest BCUT2D eigenvalue weighted by Gasteiger charge is 2.13. The van der Waals surface area contributed by atoms with E-state index < -0.39 is 0 Å². The van der Waals surface area contributed by atoms with Gasteiger partial charge >= 0.3 is 0 Å². The number of rotatable bonds is 4. The minimum atomic E-state index is 0.289. The van der Waals surface area contributed by atoms with Crippen LogP contribution < -0.4 is 0 Å². The first-order chi connectivity index (χ1) is 10.8. The number of nitrogens with zero attached hydrogens (tertiary/aromatic N) is 3. The molecule has 0 saturated carbocycles. The molecule has 0 saturated heterocycles. The quantitative estimate of drug-likeness (QED) is 0.445. The van der Waals surface area contributed by atoms with Crippen molar-refractivity contribution < 1.29 is 4.42 Å². The second-order valence-electron chi connectivity index (χ2n) is 4.86. The van der Waals surface area contributed by atoms with E-state index in [0.717, 1.165) is 12.8 Å². The molecule has 0 aromatic carbocycles. The smallest absolute Gasteiger partial charge is 0.208 e. The summed E-state index contributed by atoms with van der Waals surface area (Å²) in [6.07, 6.45) is 5.88. The van der Waals surface area contributed by atoms with Crippen LogP contribution in [0.15, 0.2) is 22.8 Å². The zero-order chi connectivity index (χ0) is 15.4. The topological polar surface area (TPSA) is 67.6 Å². The Kier molecular flexibility index (Phi) is 4.40. The van der Waals surface area contributed by atoms with Crippen molar-refractivity contribution >= 4 is 22.8 Å². The van der Waals surface area contributed by atoms with Crippen molar-refractivity contribution in [3.05, 3.63) is 29.4 Å². The number of imidazole rings is 1. The molecular weight excluding hydrogens is 300 g/mol. The second-order valence-corrected chi connectivity index (χ2v) is 5.21. The van der Waals surface area contributed by atoms with Crippen LogP contribution in [0.1, 0.15) is 38.4 Å². The van der Waals surface area contributed by atoms with E-state index in [2.05, 4.69) is 38.7 Å². The molecule has 0 atom stereocenters. The van der Waals surface area contributed by atoms with Gasteiger partial charge in [0.15, 0.2) is 22.4 Å². The number of furan rings is 1. The number of halogens is 1. The van der Waals surface area contributed by atoms with Gasteiger partial charge in [0.25, 0.3) is 0 Å². The third-order valence-electron chi connectivity index (χ3n) is 3.16. The Labute approximate surface area is 133 Å². The first-order valence-electron chi connectivity index (χ1n) is 7.24. The Bertz CT molecular complexity index is 827. The summed E-state index contributed by atoms with van der Waals surface area (Å²) >= 11 is 6.17. The van der Waals surface area contributed by atoms with E-state index in [4.69, 9.17) is 16.0 Å². The van der Waals surface area contributed by atoms with Crippen LogP contribution in [0.5, 0.6) is 0 Å². The Morgan fingerprint density at radius 3 is 2.95 bits per heavy atom. The molecular formula is C16H15ClN4O. The summed E-state index contributed by atoms with van der Waals surface area (Å²) in [5.41, 5.74) is 1.08. The van der Waals surface area contributed by atoms with E-state index >= 15 is 0 Å². The van der Waals surface area contributed by atoms with Crippen LogP contribution in [-0.4, -0.2) is 19.9 Å². The van der Waals surface area contributed by atoms with E-state index in [-0.39, 0.29) is 5.15 Å². The van der Waals surface area contributed by atoms with Crippen molar-refractivity contribution in [2.45, 2.75) is 32.6 Å². The van der Waals surface area contributed by atoms with Crippen LogP contribution in [0.25, 0.3) is 22.7 Å². The van der Waals surface area contributed by atoms with E-state index in [1.54, 1.807) is 12.3 Å². The molecule has 0 spiro atoms. The van der Waals surface area contributed by atoms with E-state index in [1.165, 1.54) is 12.8 Å². The molecule has 0 amide bonds. The molecule has 6 heteroatoms. The van der Waals surface area contributed by atoms with Gasteiger partial charge in [0.1, 0.15) is 5.52 Å². The van der Waals surface area contributed by atoms with Gasteiger partial charge in [0, 0.05) is 6.42 Å². The van der Waals surface area contributed by atoms with Crippen molar-refractivity contribution in [2.75, 3.05) is 0 Å². The summed E-state index contributed by atoms with van der Waals surface area (Å²) in [5.74, 6) is 7.63. The first-order valence-corrected chi connectivity index (χ1v) is 7.61. The molecule has 0 bridgehead atoms. The standard InChI is InChI=1S/C16H15ClN4O/c1-2-3-4-5-6-9-12-18-14(17)13-16(19-12)21-15(20-13)11-8-7-10-22-11/h7-8,10H,2-5H2,1H3,(H,18,19,20,21). The average Bonchev–Trinajstić information content (AvgIpc) is 3.16. The highest BCUT2D eigenvalue weighted by atomic mass is 35.5. The summed E-state index contributed by atoms with van der Waals surface area (Å²) in [6.45, 7) is 2.17. The molecule has 0 radical (unpaired) electrons. The van der Waals surface area contributed by atoms with Gasteiger partial charge in [-0.25, -0.2) is 15.0 Å². The molecule has 5 nitrogen and oxygen atoms in total. The molecule has 0 aliphatic carbocycles. The maximum atomic E-state index is 6.17. The third-order valence-corrected chi connectivity index (χ3v) is 3.43. The fourth-order valence-electron chi connectivity index (χ4n) is 2.06. The number of nitrogens with one attached hydrogen (secondary N) is 1. The second kappa shape index (κ2) is 6.63. The van der Waals surface area contributed by atoms with Crippen molar-refractivity contribution in [3.63, 3.8) is 0 Å². The Morgan fingerprint density at radius 1 is 1.27 bits per heavy atom. The first kappa shape index (κ1) is 14.6. The fourth-order valence-corrected chi connectivity index (χ4v) is 2.27. The number of unbranched alkanes of at least 4 members (excludes halogenated alkanes) is 3. The van der Waals surface area contributed by atoms with Crippen molar-refractivity contribution in [1.82, 2.24) is 19.9 Å². The van der Waals surface area contributed by atoms with Crippen LogP contribution in [-0.2, 0) is 0 Å². The molecule has 3 aromatic heterocycles. The van der Waals surface area contributed by atoms with E-state index in [9.17, 15) is 0 Å². The van der Waals surface area contributed by atoms with Gasteiger partial charge in [-0.3, -0.25) is 0 Å². The molecule has 0 aliphatic rings. The van der Waals surface area contributed by atoms with Gasteiger partial charge in [-0.05, 0) is 24.5 Å². The number of hydrogen-bond donors (Lipinski definition) is 1. The molecule has 3 rings (SSSR count). The van der Waals surface area contributed by atoms with Crippen LogP contribution >= 0.6 is 11.6 Å². The molecule has 0 aliphatic heterocycles. The zero-order valence-electron chi connectivity index (χ0n) is 12.2. The summed E-state index contributed by atoms with van der Waals surface area (Å²) < 4.78 is 5.31. The average molecular weight is 315 g/mol. The number of fused-ring (bicyclic) bond motifs is 1. The van der Waals surface area contributed by atoms with Crippen LogP contribution in [0, 0.1) is 11.8 Å². The highest BCUT2D eigenvalue weighted by Crippen LogP contribution is 2.23. The molecule has 3 aromatic rings. The molecule has 22 heavy (non-hydrogen) atoms. The SMILES string of the molecule is CCCCCC#Cc1nc(Cl)c2nc(-c3ccco3)[nH]c2n1. The van der Waals surface area contributed by atoms with Gasteiger partial charge in [-0.1, -0.05) is 37.3 Å². The molecule has 0 unspecified atom stereocenters. The van der Waals surface area contributed by atoms with Crippen molar-refractivity contribution in [3.8, 4) is 23.4 Å². The lowest BCUT2D eigenvalue weighted by Crippen LogP contribution is -1.91. The minimum absolute atomic E-state index is 0.289. The predicted molar refractivity (Wildman–Crippen MR) is 85.4 cm³/mol. The fraction of sp³-hybridized carbons (Fsp3) is 0.312. The lowest BCUT2D eigenvalue weighted by atomic mass is 10.2. The van der Waals surface area contributed by atoms with Gasteiger partial charge in [0.2, 0.25) is 5.82 Å². The largest absolute Gasteiger partial charge is 0.461 e. The summed E-state index contributed by atoms with van der Waals surface area (Å²) in [5, 5.41) is 0.289. The Balaban J connectivity index is 1.88. The summed E-state index contributed by atoms with van der Waals surface area (Å²) in [4.78, 5) is 16.0. The van der Waals surface area contributed by atoms with E-state index in [1.807, 2.05) is 6.07 Å². The van der Waals surface area contributed by atoms with Crippen LogP contribution in [0.4, 0.5) is 0 Å². The summed E-state index contributed by atoms with van der Waals surface area (Å²) in [6, 6.07) is 3.61. The van der Waals surface area contributed by atoms with Gasteiger partial charge in [0.05, 0.1) is 6.26 Å². The number of aromatic amines is 1. The van der Waals surface area contributed by atoms with Gasteiger partial charge < -0.3 is 9.40 Å². The van der Waals surface area contributed by atoms with Gasteiger partial charge in [-0.15, -0.1) is 0 Å². The van der Waals surface area contributed by atoms with Crippen molar-refractivity contribution in [2.24, 2.45) is 0 Å². The van der Waals surface area contributed by atoms with Crippen LogP contribution in [0.2, 0.25) is 5.15 Å². The number of hydrogen-bond acceptors (Lipinski definition) is 4. The third kappa shape index (κ3) is 3.12. The maximum absolute atomic E-state index is 6.17. The lowest BCUT2D eigenvalue weighted by Gasteiger charge is -1.93. The zero-order valence-corrected chi connectivity index (χ0v) is 12.9. The number of aromatic nitrogens is 4. The minimum Gasteiger partial charge on any atom is -0.461 e. The maximum Gasteiger partial charge on any atom is 0.208 e. The lowest BCUT2D eigenvalue weighted by molar-refractivity contribution is 0.578.